The number of hydrogen-bond acceptors (Lipinski definition) is 4. The van der Waals surface area contributed by atoms with E-state index in [0.717, 1.165) is 12.0 Å². The summed E-state index contributed by atoms with van der Waals surface area (Å²) >= 11 is 0. The number of nitrogens with one attached hydrogen (secondary N) is 2. The Morgan fingerprint density at radius 2 is 2.00 bits per heavy atom. The van der Waals surface area contributed by atoms with Crippen LogP contribution in [-0.4, -0.2) is 29.6 Å². The maximum absolute atomic E-state index is 12.8. The minimum absolute atomic E-state index is 0.300. The molecule has 1 atom stereocenters. The minimum atomic E-state index is -2.70. The number of fused-ring (bicyclic) bond motifs is 1. The van der Waals surface area contributed by atoms with Gasteiger partial charge in [-0.25, -0.2) is 13.8 Å². The van der Waals surface area contributed by atoms with Crippen LogP contribution in [0.2, 0.25) is 0 Å². The van der Waals surface area contributed by atoms with Crippen LogP contribution in [-0.2, 0) is 0 Å². The van der Waals surface area contributed by atoms with Crippen LogP contribution in [0, 0.1) is 0 Å². The van der Waals surface area contributed by atoms with Gasteiger partial charge in [0.25, 0.3) is 12.3 Å². The van der Waals surface area contributed by atoms with Crippen molar-refractivity contribution in [3.63, 3.8) is 0 Å². The third kappa shape index (κ3) is 4.64. The second-order valence-electron chi connectivity index (χ2n) is 6.61. The summed E-state index contributed by atoms with van der Waals surface area (Å²) in [6.07, 6.45) is -1.81. The van der Waals surface area contributed by atoms with Gasteiger partial charge in [-0.3, -0.25) is 4.79 Å². The lowest BCUT2D eigenvalue weighted by molar-refractivity contribution is 0.0940. The van der Waals surface area contributed by atoms with Gasteiger partial charge in [0.15, 0.2) is 17.3 Å². The zero-order valence-electron chi connectivity index (χ0n) is 16.5. The van der Waals surface area contributed by atoms with Crippen LogP contribution in [0.15, 0.2) is 36.4 Å². The van der Waals surface area contributed by atoms with Gasteiger partial charge in [0, 0.05) is 5.56 Å². The molecule has 0 bridgehead atoms. The van der Waals surface area contributed by atoms with E-state index >= 15 is 0 Å². The van der Waals surface area contributed by atoms with Crippen LogP contribution in [0.1, 0.15) is 54.5 Å². The fraction of sp³-hybridized carbons (Fsp3) is 0.333. The van der Waals surface area contributed by atoms with Crippen molar-refractivity contribution >= 4 is 16.9 Å². The van der Waals surface area contributed by atoms with Crippen LogP contribution >= 0.6 is 0 Å². The highest BCUT2D eigenvalue weighted by Crippen LogP contribution is 2.30. The number of rotatable bonds is 8. The number of carbonyl (C=O) groups is 1. The first kappa shape index (κ1) is 20.6. The Bertz CT molecular complexity index is 1000. The van der Waals surface area contributed by atoms with E-state index in [1.54, 1.807) is 19.2 Å². The first-order valence-electron chi connectivity index (χ1n) is 9.32. The number of H-pyrrole nitrogens is 1. The fourth-order valence-corrected chi connectivity index (χ4v) is 2.92. The van der Waals surface area contributed by atoms with Crippen molar-refractivity contribution < 1.29 is 23.0 Å². The van der Waals surface area contributed by atoms with Crippen molar-refractivity contribution in [2.24, 2.45) is 0 Å². The number of nitrogens with zero attached hydrogens (tertiary/aromatic N) is 1. The molecule has 1 aromatic heterocycles. The van der Waals surface area contributed by atoms with E-state index in [2.05, 4.69) is 15.3 Å². The zero-order valence-corrected chi connectivity index (χ0v) is 16.5. The number of imidazole rings is 1. The second kappa shape index (κ2) is 8.89. The highest BCUT2D eigenvalue weighted by Gasteiger charge is 2.17. The van der Waals surface area contributed by atoms with Gasteiger partial charge >= 0.3 is 0 Å². The van der Waals surface area contributed by atoms with Crippen LogP contribution in [0.25, 0.3) is 11.0 Å². The van der Waals surface area contributed by atoms with E-state index in [0.29, 0.717) is 34.7 Å². The predicted molar refractivity (Wildman–Crippen MR) is 106 cm³/mol. The number of aromatic nitrogens is 2. The van der Waals surface area contributed by atoms with E-state index in [9.17, 15) is 13.6 Å². The molecule has 3 aromatic rings. The molecule has 1 heterocycles. The van der Waals surface area contributed by atoms with Gasteiger partial charge < -0.3 is 19.8 Å². The Morgan fingerprint density at radius 3 is 2.69 bits per heavy atom. The third-order valence-electron chi connectivity index (χ3n) is 4.47. The smallest absolute Gasteiger partial charge is 0.295 e. The predicted octanol–water partition coefficient (Wildman–Crippen LogP) is 4.79. The third-order valence-corrected chi connectivity index (χ3v) is 4.47. The Hall–Kier alpha value is -3.16. The average molecular weight is 403 g/mol. The van der Waals surface area contributed by atoms with Crippen molar-refractivity contribution in [1.29, 1.82) is 0 Å². The number of hydrogen-bond donors (Lipinski definition) is 2. The van der Waals surface area contributed by atoms with Crippen molar-refractivity contribution in [3.8, 4) is 11.5 Å². The van der Waals surface area contributed by atoms with Gasteiger partial charge in [-0.2, -0.15) is 0 Å². The zero-order chi connectivity index (χ0) is 21.0. The molecule has 0 aliphatic carbocycles. The van der Waals surface area contributed by atoms with Crippen molar-refractivity contribution in [3.05, 3.63) is 53.3 Å². The molecule has 2 aromatic carbocycles. The van der Waals surface area contributed by atoms with Gasteiger partial charge in [-0.1, -0.05) is 13.0 Å². The maximum atomic E-state index is 12.8. The second-order valence-corrected chi connectivity index (χ2v) is 6.61. The number of methoxy groups -OCH3 is 1. The van der Waals surface area contributed by atoms with Crippen molar-refractivity contribution in [2.45, 2.75) is 32.7 Å². The average Bonchev–Trinajstić information content (AvgIpc) is 3.15. The van der Waals surface area contributed by atoms with Gasteiger partial charge in [0.05, 0.1) is 30.8 Å². The number of carbonyl (C=O) groups excluding carboxylic acids is 1. The molecule has 3 rings (SSSR count). The van der Waals surface area contributed by atoms with Crippen LogP contribution in [0.4, 0.5) is 8.78 Å². The molecule has 0 aliphatic rings. The SMILES string of the molecule is CCCOc1ccc(C(C)NC(=O)c2ccc3nc(C(F)F)[nH]c3c2)cc1OC. The number of benzene rings is 2. The Kier molecular flexibility index (Phi) is 6.31. The molecule has 0 spiro atoms. The van der Waals surface area contributed by atoms with Crippen LogP contribution in [0.5, 0.6) is 11.5 Å². The summed E-state index contributed by atoms with van der Waals surface area (Å²) in [4.78, 5) is 19.0. The van der Waals surface area contributed by atoms with Gasteiger partial charge in [0.2, 0.25) is 0 Å². The van der Waals surface area contributed by atoms with Gasteiger partial charge in [-0.05, 0) is 49.2 Å². The molecule has 0 saturated heterocycles. The maximum Gasteiger partial charge on any atom is 0.295 e. The summed E-state index contributed by atoms with van der Waals surface area (Å²) in [5, 5.41) is 2.90. The summed E-state index contributed by atoms with van der Waals surface area (Å²) in [6, 6.07) is 9.82. The Balaban J connectivity index is 1.75. The van der Waals surface area contributed by atoms with E-state index in [1.165, 1.54) is 6.07 Å². The van der Waals surface area contributed by atoms with E-state index < -0.39 is 12.2 Å². The Labute approximate surface area is 167 Å². The summed E-state index contributed by atoms with van der Waals surface area (Å²) in [5.41, 5.74) is 1.97. The molecule has 0 saturated carbocycles. The molecule has 1 amide bonds. The number of aromatic amines is 1. The number of alkyl halides is 2. The molecular weight excluding hydrogens is 380 g/mol. The summed E-state index contributed by atoms with van der Waals surface area (Å²) in [7, 11) is 1.56. The number of ether oxygens (including phenoxy) is 2. The van der Waals surface area contributed by atoms with Crippen LogP contribution in [0.3, 0.4) is 0 Å². The largest absolute Gasteiger partial charge is 0.493 e. The molecule has 2 N–H and O–H groups in total. The summed E-state index contributed by atoms with van der Waals surface area (Å²) in [6.45, 7) is 4.46. The Morgan fingerprint density at radius 1 is 1.21 bits per heavy atom. The highest BCUT2D eigenvalue weighted by molar-refractivity contribution is 5.97. The van der Waals surface area contributed by atoms with Gasteiger partial charge in [-0.15, -0.1) is 0 Å². The van der Waals surface area contributed by atoms with E-state index in [-0.39, 0.29) is 11.9 Å². The van der Waals surface area contributed by atoms with E-state index in [4.69, 9.17) is 9.47 Å². The minimum Gasteiger partial charge on any atom is -0.493 e. The molecule has 0 fully saturated rings. The molecule has 8 heteroatoms. The molecule has 29 heavy (non-hydrogen) atoms. The molecule has 0 radical (unpaired) electrons. The monoisotopic (exact) mass is 403 g/mol. The molecular formula is C21H23F2N3O3. The van der Waals surface area contributed by atoms with Crippen molar-refractivity contribution in [1.82, 2.24) is 15.3 Å². The first-order chi connectivity index (χ1) is 13.9. The summed E-state index contributed by atoms with van der Waals surface area (Å²) in [5.74, 6) is 0.507. The molecule has 154 valence electrons. The topological polar surface area (TPSA) is 76.2 Å². The van der Waals surface area contributed by atoms with Crippen molar-refractivity contribution in [2.75, 3.05) is 13.7 Å². The van der Waals surface area contributed by atoms with Gasteiger partial charge in [0.1, 0.15) is 0 Å². The van der Waals surface area contributed by atoms with E-state index in [1.807, 2.05) is 32.0 Å². The lowest BCUT2D eigenvalue weighted by Gasteiger charge is -2.17. The number of amides is 1. The summed E-state index contributed by atoms with van der Waals surface area (Å²) < 4.78 is 36.6. The normalized spacial score (nSPS) is 12.2. The molecule has 1 unspecified atom stereocenters. The molecule has 0 aliphatic heterocycles. The highest BCUT2D eigenvalue weighted by atomic mass is 19.3. The fourth-order valence-electron chi connectivity index (χ4n) is 2.92. The lowest BCUT2D eigenvalue weighted by atomic mass is 10.1. The standard InChI is InChI=1S/C21H23F2N3O3/c1-4-9-29-17-8-6-13(11-18(17)28-3)12(2)24-21(27)14-5-7-15-16(10-14)26-20(25-15)19(22)23/h5-8,10-12,19H,4,9H2,1-3H3,(H,24,27)(H,25,26). The van der Waals surface area contributed by atoms with Crippen LogP contribution < -0.4 is 14.8 Å². The molecule has 6 nitrogen and oxygen atoms in total. The quantitative estimate of drug-likeness (QED) is 0.567. The number of halogens is 2. The first-order valence-corrected chi connectivity index (χ1v) is 9.32. The lowest BCUT2D eigenvalue weighted by Crippen LogP contribution is -2.26.